The lowest BCUT2D eigenvalue weighted by molar-refractivity contribution is 0.891. The Balaban J connectivity index is 2.00. The minimum absolute atomic E-state index is 0.632. The van der Waals surface area contributed by atoms with Gasteiger partial charge in [0.1, 0.15) is 5.69 Å². The fourth-order valence-corrected chi connectivity index (χ4v) is 3.83. The van der Waals surface area contributed by atoms with E-state index in [1.165, 1.54) is 11.1 Å². The van der Waals surface area contributed by atoms with E-state index in [2.05, 4.69) is 44.2 Å². The van der Waals surface area contributed by atoms with E-state index in [1.54, 1.807) is 0 Å². The number of aromatic nitrogens is 2. The van der Waals surface area contributed by atoms with Crippen LogP contribution in [0, 0.1) is 20.8 Å². The van der Waals surface area contributed by atoms with Crippen LogP contribution in [0.2, 0.25) is 10.0 Å². The summed E-state index contributed by atoms with van der Waals surface area (Å²) in [5.41, 5.74) is 7.89. The summed E-state index contributed by atoms with van der Waals surface area (Å²) in [5.74, 6) is 0. The first kappa shape index (κ1) is 18.8. The molecular weight excluding hydrogens is 387 g/mol. The molecule has 4 rings (SSSR count). The quantitative estimate of drug-likeness (QED) is 0.345. The molecule has 28 heavy (non-hydrogen) atoms. The Morgan fingerprint density at radius 1 is 0.750 bits per heavy atom. The first-order valence-corrected chi connectivity index (χ1v) is 9.89. The van der Waals surface area contributed by atoms with Crippen molar-refractivity contribution < 1.29 is 0 Å². The second-order valence-electron chi connectivity index (χ2n) is 7.10. The van der Waals surface area contributed by atoms with Gasteiger partial charge in [-0.15, -0.1) is 0 Å². The van der Waals surface area contributed by atoms with Crippen molar-refractivity contribution in [3.05, 3.63) is 93.5 Å². The molecule has 1 aromatic heterocycles. The van der Waals surface area contributed by atoms with Crippen molar-refractivity contribution in [2.24, 2.45) is 0 Å². The fraction of sp³-hybridized carbons (Fsp3) is 0.125. The molecular formula is C24H20Cl2N2. The lowest BCUT2D eigenvalue weighted by Gasteiger charge is -2.10. The van der Waals surface area contributed by atoms with Crippen LogP contribution >= 0.6 is 23.2 Å². The van der Waals surface area contributed by atoms with Gasteiger partial charge in [-0.05, 0) is 50.6 Å². The molecule has 140 valence electrons. The maximum absolute atomic E-state index is 6.91. The summed E-state index contributed by atoms with van der Waals surface area (Å²) in [7, 11) is 0. The first-order chi connectivity index (χ1) is 13.4. The Bertz CT molecular complexity index is 1180. The molecule has 0 fully saturated rings. The maximum Gasteiger partial charge on any atom is 0.112 e. The minimum Gasteiger partial charge on any atom is -0.231 e. The summed E-state index contributed by atoms with van der Waals surface area (Å²) in [6.45, 7) is 6.12. The van der Waals surface area contributed by atoms with Gasteiger partial charge >= 0.3 is 0 Å². The van der Waals surface area contributed by atoms with Crippen LogP contribution in [0.3, 0.4) is 0 Å². The number of hydrogen-bond donors (Lipinski definition) is 0. The summed E-state index contributed by atoms with van der Waals surface area (Å²) in [5, 5.41) is 6.23. The minimum atomic E-state index is 0.632. The van der Waals surface area contributed by atoms with Crippen molar-refractivity contribution in [2.75, 3.05) is 0 Å². The van der Waals surface area contributed by atoms with E-state index in [1.807, 2.05) is 48.0 Å². The normalized spacial score (nSPS) is 11.0. The van der Waals surface area contributed by atoms with Crippen molar-refractivity contribution in [1.29, 1.82) is 0 Å². The summed E-state index contributed by atoms with van der Waals surface area (Å²) < 4.78 is 1.89. The largest absolute Gasteiger partial charge is 0.231 e. The molecule has 0 radical (unpaired) electrons. The number of hydrogen-bond acceptors (Lipinski definition) is 1. The molecule has 0 atom stereocenters. The number of benzene rings is 3. The van der Waals surface area contributed by atoms with Crippen LogP contribution in [0.5, 0.6) is 0 Å². The highest BCUT2D eigenvalue weighted by Crippen LogP contribution is 2.38. The molecule has 4 aromatic rings. The van der Waals surface area contributed by atoms with Gasteiger partial charge < -0.3 is 0 Å². The third-order valence-electron chi connectivity index (χ3n) is 4.81. The van der Waals surface area contributed by atoms with Crippen molar-refractivity contribution in [3.63, 3.8) is 0 Å². The van der Waals surface area contributed by atoms with Crippen LogP contribution in [0.4, 0.5) is 0 Å². The van der Waals surface area contributed by atoms with Gasteiger partial charge in [0, 0.05) is 16.1 Å². The number of halogens is 2. The molecule has 3 aromatic carbocycles. The highest BCUT2D eigenvalue weighted by molar-refractivity contribution is 6.35. The average Bonchev–Trinajstić information content (AvgIpc) is 3.01. The second kappa shape index (κ2) is 7.46. The lowest BCUT2D eigenvalue weighted by Crippen LogP contribution is -2.00. The third kappa shape index (κ3) is 3.46. The van der Waals surface area contributed by atoms with E-state index in [0.29, 0.717) is 10.0 Å². The molecule has 0 aliphatic carbocycles. The molecule has 2 nitrogen and oxygen atoms in total. The number of rotatable bonds is 3. The number of aryl methyl sites for hydroxylation is 3. The van der Waals surface area contributed by atoms with Gasteiger partial charge in [0.2, 0.25) is 0 Å². The number of nitrogens with zero attached hydrogens (tertiary/aromatic N) is 2. The predicted octanol–water partition coefficient (Wildman–Crippen LogP) is 7.44. The maximum atomic E-state index is 6.91. The molecule has 4 heteroatoms. The smallest absolute Gasteiger partial charge is 0.112 e. The van der Waals surface area contributed by atoms with Crippen LogP contribution in [0.25, 0.3) is 28.2 Å². The van der Waals surface area contributed by atoms with Gasteiger partial charge in [0.25, 0.3) is 0 Å². The summed E-state index contributed by atoms with van der Waals surface area (Å²) in [6.07, 6.45) is 0. The lowest BCUT2D eigenvalue weighted by atomic mass is 10.1. The Kier molecular flexibility index (Phi) is 5.01. The Hall–Kier alpha value is -2.55. The van der Waals surface area contributed by atoms with Gasteiger partial charge in [0.15, 0.2) is 0 Å². The van der Waals surface area contributed by atoms with Gasteiger partial charge in [-0.3, -0.25) is 0 Å². The Morgan fingerprint density at radius 3 is 2.04 bits per heavy atom. The van der Waals surface area contributed by atoms with Gasteiger partial charge in [-0.25, -0.2) is 4.68 Å². The predicted molar refractivity (Wildman–Crippen MR) is 119 cm³/mol. The highest BCUT2D eigenvalue weighted by Gasteiger charge is 2.20. The first-order valence-electron chi connectivity index (χ1n) is 9.13. The Labute approximate surface area is 175 Å². The van der Waals surface area contributed by atoms with Crippen molar-refractivity contribution in [2.45, 2.75) is 20.8 Å². The summed E-state index contributed by atoms with van der Waals surface area (Å²) >= 11 is 13.3. The third-order valence-corrected chi connectivity index (χ3v) is 5.58. The summed E-state index contributed by atoms with van der Waals surface area (Å²) in [4.78, 5) is 0. The van der Waals surface area contributed by atoms with E-state index in [4.69, 9.17) is 28.3 Å². The molecule has 0 saturated carbocycles. The molecule has 0 unspecified atom stereocenters. The van der Waals surface area contributed by atoms with Crippen LogP contribution in [0.1, 0.15) is 16.7 Å². The molecule has 0 aliphatic rings. The topological polar surface area (TPSA) is 17.8 Å². The van der Waals surface area contributed by atoms with E-state index >= 15 is 0 Å². The zero-order valence-electron chi connectivity index (χ0n) is 16.0. The molecule has 1 heterocycles. The van der Waals surface area contributed by atoms with Crippen molar-refractivity contribution in [1.82, 2.24) is 9.78 Å². The highest BCUT2D eigenvalue weighted by atomic mass is 35.5. The van der Waals surface area contributed by atoms with Crippen LogP contribution in [0.15, 0.2) is 66.7 Å². The van der Waals surface area contributed by atoms with E-state index in [-0.39, 0.29) is 0 Å². The SMILES string of the molecule is Cc1cccc(-c2nn(-c3ccc(C)c(Cl)c3)c(-c3cccc(C)c3)c2Cl)c1. The van der Waals surface area contributed by atoms with Crippen LogP contribution < -0.4 is 0 Å². The zero-order valence-corrected chi connectivity index (χ0v) is 17.5. The van der Waals surface area contributed by atoms with Crippen molar-refractivity contribution in [3.8, 4) is 28.2 Å². The van der Waals surface area contributed by atoms with Gasteiger partial charge in [-0.2, -0.15) is 5.10 Å². The zero-order chi connectivity index (χ0) is 19.8. The second-order valence-corrected chi connectivity index (χ2v) is 7.88. The molecule has 0 bridgehead atoms. The molecule has 0 aliphatic heterocycles. The molecule has 0 spiro atoms. The fourth-order valence-electron chi connectivity index (χ4n) is 3.32. The molecule has 0 N–H and O–H groups in total. The average molecular weight is 407 g/mol. The van der Waals surface area contributed by atoms with Crippen molar-refractivity contribution >= 4 is 23.2 Å². The van der Waals surface area contributed by atoms with Gasteiger partial charge in [-0.1, -0.05) is 76.8 Å². The van der Waals surface area contributed by atoms with Crippen LogP contribution in [-0.2, 0) is 0 Å². The molecule has 0 amide bonds. The Morgan fingerprint density at radius 2 is 1.39 bits per heavy atom. The van der Waals surface area contributed by atoms with Crippen LogP contribution in [-0.4, -0.2) is 9.78 Å². The van der Waals surface area contributed by atoms with E-state index in [0.717, 1.165) is 33.8 Å². The van der Waals surface area contributed by atoms with E-state index < -0.39 is 0 Å². The van der Waals surface area contributed by atoms with Gasteiger partial charge in [0.05, 0.1) is 16.4 Å². The monoisotopic (exact) mass is 406 g/mol. The standard InChI is InChI=1S/C24H20Cl2N2/c1-15-6-4-8-18(12-15)23-22(26)24(19-9-5-7-16(2)13-19)28(27-23)20-11-10-17(3)21(25)14-20/h4-14H,1-3H3. The molecule has 0 saturated heterocycles. The summed E-state index contributed by atoms with van der Waals surface area (Å²) in [6, 6.07) is 22.5. The van der Waals surface area contributed by atoms with E-state index in [9.17, 15) is 0 Å².